The second-order valence-electron chi connectivity index (χ2n) is 11.1. The lowest BCUT2D eigenvalue weighted by Crippen LogP contribution is -2.54. The van der Waals surface area contributed by atoms with E-state index in [9.17, 15) is 9.59 Å². The Morgan fingerprint density at radius 3 is 2.34 bits per heavy atom. The summed E-state index contributed by atoms with van der Waals surface area (Å²) in [4.78, 5) is 31.5. The van der Waals surface area contributed by atoms with Crippen LogP contribution in [0.15, 0.2) is 72.8 Å². The standard InChI is InChI=1S/C33H38N6O2/c1-4-5-14-30(40)39(31(23(2)3)33(41)38-20-19-25-10-6-7-11-27(25)22-38)21-24-15-17-26(18-16-24)28-12-8-9-13-29(28)32-34-36-37-35-32/h6-13,15-18,23,31H,4-5,14,19-22H2,1-3H3,(H,34,35,36,37). The molecule has 41 heavy (non-hydrogen) atoms. The van der Waals surface area contributed by atoms with E-state index >= 15 is 0 Å². The molecule has 0 bridgehead atoms. The molecule has 0 saturated heterocycles. The summed E-state index contributed by atoms with van der Waals surface area (Å²) < 4.78 is 0. The van der Waals surface area contributed by atoms with Crippen LogP contribution in [0.25, 0.3) is 22.5 Å². The van der Waals surface area contributed by atoms with Crippen LogP contribution in [-0.4, -0.2) is 54.8 Å². The van der Waals surface area contributed by atoms with E-state index in [1.807, 2.05) is 66.1 Å². The fourth-order valence-corrected chi connectivity index (χ4v) is 5.66. The van der Waals surface area contributed by atoms with Crippen LogP contribution in [0.3, 0.4) is 0 Å². The van der Waals surface area contributed by atoms with Gasteiger partial charge in [-0.3, -0.25) is 9.59 Å². The van der Waals surface area contributed by atoms with Crippen molar-refractivity contribution >= 4 is 11.8 Å². The van der Waals surface area contributed by atoms with Crippen molar-refractivity contribution in [2.45, 2.75) is 65.6 Å². The number of fused-ring (bicyclic) bond motifs is 1. The smallest absolute Gasteiger partial charge is 0.245 e. The molecule has 0 spiro atoms. The van der Waals surface area contributed by atoms with Crippen molar-refractivity contribution in [3.05, 3.63) is 89.5 Å². The van der Waals surface area contributed by atoms with Gasteiger partial charge in [-0.1, -0.05) is 100.0 Å². The maximum Gasteiger partial charge on any atom is 0.245 e. The van der Waals surface area contributed by atoms with Crippen molar-refractivity contribution in [3.8, 4) is 22.5 Å². The van der Waals surface area contributed by atoms with E-state index in [1.54, 1.807) is 0 Å². The number of unbranched alkanes of at least 4 members (excludes halogenated alkanes) is 1. The van der Waals surface area contributed by atoms with Crippen LogP contribution in [0.4, 0.5) is 0 Å². The van der Waals surface area contributed by atoms with Crippen LogP contribution in [0.2, 0.25) is 0 Å². The molecular formula is C33H38N6O2. The molecule has 1 unspecified atom stereocenters. The topological polar surface area (TPSA) is 95.1 Å². The van der Waals surface area contributed by atoms with Crippen LogP contribution in [-0.2, 0) is 29.1 Å². The fraction of sp³-hybridized carbons (Fsp3) is 0.364. The number of hydrogen-bond acceptors (Lipinski definition) is 5. The van der Waals surface area contributed by atoms with Crippen LogP contribution in [0, 0.1) is 5.92 Å². The largest absolute Gasteiger partial charge is 0.336 e. The Morgan fingerprint density at radius 2 is 1.66 bits per heavy atom. The van der Waals surface area contributed by atoms with Gasteiger partial charge in [0.2, 0.25) is 11.8 Å². The third-order valence-corrected chi connectivity index (χ3v) is 7.87. The Bertz CT molecular complexity index is 1470. The molecule has 5 rings (SSSR count). The number of nitrogens with zero attached hydrogens (tertiary/aromatic N) is 5. The van der Waals surface area contributed by atoms with E-state index in [4.69, 9.17) is 0 Å². The van der Waals surface area contributed by atoms with Crippen molar-refractivity contribution in [1.82, 2.24) is 30.4 Å². The Hall–Kier alpha value is -4.33. The van der Waals surface area contributed by atoms with E-state index < -0.39 is 6.04 Å². The highest BCUT2D eigenvalue weighted by Gasteiger charge is 2.36. The lowest BCUT2D eigenvalue weighted by Gasteiger charge is -2.39. The van der Waals surface area contributed by atoms with Crippen molar-refractivity contribution in [1.29, 1.82) is 0 Å². The Kier molecular flexibility index (Phi) is 8.87. The number of carbonyl (C=O) groups is 2. The molecule has 1 atom stereocenters. The molecule has 0 saturated carbocycles. The molecule has 0 aliphatic carbocycles. The molecule has 212 valence electrons. The maximum atomic E-state index is 14.1. The number of aromatic nitrogens is 4. The summed E-state index contributed by atoms with van der Waals surface area (Å²) in [6.45, 7) is 7.81. The van der Waals surface area contributed by atoms with Crippen LogP contribution >= 0.6 is 0 Å². The van der Waals surface area contributed by atoms with Gasteiger partial charge >= 0.3 is 0 Å². The van der Waals surface area contributed by atoms with E-state index in [-0.39, 0.29) is 17.7 Å². The number of benzene rings is 3. The number of hydrogen-bond donors (Lipinski definition) is 1. The first-order chi connectivity index (χ1) is 20.0. The lowest BCUT2D eigenvalue weighted by atomic mass is 9.95. The number of nitrogens with one attached hydrogen (secondary N) is 1. The zero-order chi connectivity index (χ0) is 28.8. The number of aromatic amines is 1. The number of rotatable bonds is 10. The van der Waals surface area contributed by atoms with Gasteiger partial charge in [-0.2, -0.15) is 0 Å². The Balaban J connectivity index is 1.40. The van der Waals surface area contributed by atoms with Gasteiger partial charge in [0.25, 0.3) is 0 Å². The van der Waals surface area contributed by atoms with Crippen LogP contribution < -0.4 is 0 Å². The van der Waals surface area contributed by atoms with Gasteiger partial charge in [0.15, 0.2) is 5.82 Å². The van der Waals surface area contributed by atoms with Gasteiger partial charge in [0.1, 0.15) is 6.04 Å². The van der Waals surface area contributed by atoms with E-state index in [1.165, 1.54) is 11.1 Å². The minimum atomic E-state index is -0.524. The van der Waals surface area contributed by atoms with Gasteiger partial charge < -0.3 is 9.80 Å². The summed E-state index contributed by atoms with van der Waals surface area (Å²) in [5.41, 5.74) is 6.42. The third kappa shape index (κ3) is 6.37. The minimum absolute atomic E-state index is 0.0214. The predicted octanol–water partition coefficient (Wildman–Crippen LogP) is 5.66. The van der Waals surface area contributed by atoms with Crippen LogP contribution in [0.1, 0.15) is 56.7 Å². The maximum absolute atomic E-state index is 14.1. The average Bonchev–Trinajstić information content (AvgIpc) is 3.54. The van der Waals surface area contributed by atoms with Crippen molar-refractivity contribution in [3.63, 3.8) is 0 Å². The summed E-state index contributed by atoms with van der Waals surface area (Å²) in [5, 5.41) is 14.4. The predicted molar refractivity (Wildman–Crippen MR) is 159 cm³/mol. The quantitative estimate of drug-likeness (QED) is 0.275. The fourth-order valence-electron chi connectivity index (χ4n) is 5.66. The number of amides is 2. The van der Waals surface area contributed by atoms with E-state index in [2.05, 4.69) is 57.9 Å². The molecule has 0 fully saturated rings. The Morgan fingerprint density at radius 1 is 0.951 bits per heavy atom. The SMILES string of the molecule is CCCCC(=O)N(Cc1ccc(-c2ccccc2-c2nnn[nH]2)cc1)C(C(=O)N1CCc2ccccc2C1)C(C)C. The molecule has 8 nitrogen and oxygen atoms in total. The zero-order valence-electron chi connectivity index (χ0n) is 24.1. The molecule has 3 aromatic carbocycles. The van der Waals surface area contributed by atoms with Crippen molar-refractivity contribution in [2.24, 2.45) is 5.92 Å². The Labute approximate surface area is 241 Å². The molecule has 8 heteroatoms. The van der Waals surface area contributed by atoms with Crippen molar-refractivity contribution < 1.29 is 9.59 Å². The molecule has 1 aliphatic heterocycles. The normalized spacial score (nSPS) is 13.6. The first-order valence-corrected chi connectivity index (χ1v) is 14.5. The van der Waals surface area contributed by atoms with Gasteiger partial charge in [0.05, 0.1) is 0 Å². The van der Waals surface area contributed by atoms with Crippen molar-refractivity contribution in [2.75, 3.05) is 6.54 Å². The summed E-state index contributed by atoms with van der Waals surface area (Å²) in [6, 6.07) is 24.0. The minimum Gasteiger partial charge on any atom is -0.336 e. The number of tetrazole rings is 1. The molecule has 4 aromatic rings. The highest BCUT2D eigenvalue weighted by molar-refractivity contribution is 5.88. The van der Waals surface area contributed by atoms with Gasteiger partial charge in [-0.15, -0.1) is 5.10 Å². The lowest BCUT2D eigenvalue weighted by molar-refractivity contribution is -0.149. The summed E-state index contributed by atoms with van der Waals surface area (Å²) in [5.74, 6) is 0.650. The van der Waals surface area contributed by atoms with Gasteiger partial charge in [0, 0.05) is 31.6 Å². The molecule has 1 aromatic heterocycles. The van der Waals surface area contributed by atoms with Gasteiger partial charge in [-0.05, 0) is 57.0 Å². The summed E-state index contributed by atoms with van der Waals surface area (Å²) >= 11 is 0. The first-order valence-electron chi connectivity index (χ1n) is 14.5. The van der Waals surface area contributed by atoms with E-state index in [0.717, 1.165) is 41.5 Å². The second-order valence-corrected chi connectivity index (χ2v) is 11.1. The molecule has 2 heterocycles. The molecule has 2 amide bonds. The summed E-state index contributed by atoms with van der Waals surface area (Å²) in [6.07, 6.45) is 3.01. The molecular weight excluding hydrogens is 512 g/mol. The highest BCUT2D eigenvalue weighted by Crippen LogP contribution is 2.30. The number of carbonyl (C=O) groups excluding carboxylic acids is 2. The molecule has 1 N–H and O–H groups in total. The number of H-pyrrole nitrogens is 1. The van der Waals surface area contributed by atoms with Crippen LogP contribution in [0.5, 0.6) is 0 Å². The second kappa shape index (κ2) is 12.9. The average molecular weight is 551 g/mol. The zero-order valence-corrected chi connectivity index (χ0v) is 24.1. The molecule has 0 radical (unpaired) electrons. The van der Waals surface area contributed by atoms with E-state index in [0.29, 0.717) is 31.9 Å². The third-order valence-electron chi connectivity index (χ3n) is 7.87. The first kappa shape index (κ1) is 28.2. The van der Waals surface area contributed by atoms with Gasteiger partial charge in [-0.25, -0.2) is 5.10 Å². The molecule has 1 aliphatic rings. The highest BCUT2D eigenvalue weighted by atomic mass is 16.2. The summed E-state index contributed by atoms with van der Waals surface area (Å²) in [7, 11) is 0. The monoisotopic (exact) mass is 550 g/mol.